The molecule has 1 aliphatic rings. The third kappa shape index (κ3) is 3.74. The summed E-state index contributed by atoms with van der Waals surface area (Å²) in [6.45, 7) is 1.89. The Morgan fingerprint density at radius 1 is 1.24 bits per heavy atom. The Kier molecular flexibility index (Phi) is 4.38. The van der Waals surface area contributed by atoms with Crippen molar-refractivity contribution in [1.29, 1.82) is 0 Å². The van der Waals surface area contributed by atoms with Crippen LogP contribution in [0.25, 0.3) is 11.1 Å². The number of pyridine rings is 1. The van der Waals surface area contributed by atoms with Crippen molar-refractivity contribution in [3.8, 4) is 16.9 Å². The molecule has 1 atom stereocenters. The van der Waals surface area contributed by atoms with E-state index in [4.69, 9.17) is 22.2 Å². The van der Waals surface area contributed by atoms with E-state index in [9.17, 15) is 13.2 Å². The first-order chi connectivity index (χ1) is 11.7. The van der Waals surface area contributed by atoms with Crippen LogP contribution in [-0.4, -0.2) is 17.4 Å². The van der Waals surface area contributed by atoms with Gasteiger partial charge in [0.2, 0.25) is 0 Å². The van der Waals surface area contributed by atoms with Gasteiger partial charge in [-0.3, -0.25) is 0 Å². The molecule has 2 N–H and O–H groups in total. The van der Waals surface area contributed by atoms with Gasteiger partial charge in [-0.25, -0.2) is 4.98 Å². The molecule has 2 aromatic rings. The van der Waals surface area contributed by atoms with Crippen LogP contribution in [0.15, 0.2) is 42.7 Å². The number of benzene rings is 1. The molecule has 3 rings (SSSR count). The maximum absolute atomic E-state index is 12.6. The Bertz CT molecular complexity index is 827. The van der Waals surface area contributed by atoms with Crippen molar-refractivity contribution in [3.63, 3.8) is 0 Å². The first kappa shape index (κ1) is 17.2. The van der Waals surface area contributed by atoms with Gasteiger partial charge >= 0.3 is 6.36 Å². The first-order valence-electron chi connectivity index (χ1n) is 7.19. The summed E-state index contributed by atoms with van der Waals surface area (Å²) in [5.74, 6) is 0.0409. The SMILES string of the molecule is CC1C=CON1c1ccc(-c2cc(Cl)ccc2OC(F)(F)F)c(N)n1. The number of alkyl halides is 3. The van der Waals surface area contributed by atoms with Crippen molar-refractivity contribution < 1.29 is 22.7 Å². The lowest BCUT2D eigenvalue weighted by Gasteiger charge is -2.21. The molecule has 1 unspecified atom stereocenters. The van der Waals surface area contributed by atoms with Crippen LogP contribution in [0.4, 0.5) is 24.8 Å². The number of hydrogen-bond acceptors (Lipinski definition) is 5. The second-order valence-electron chi connectivity index (χ2n) is 5.29. The Hall–Kier alpha value is -2.61. The number of ether oxygens (including phenoxy) is 1. The number of aromatic nitrogens is 1. The fourth-order valence-corrected chi connectivity index (χ4v) is 2.56. The summed E-state index contributed by atoms with van der Waals surface area (Å²) >= 11 is 5.91. The Morgan fingerprint density at radius 2 is 2.00 bits per heavy atom. The van der Waals surface area contributed by atoms with Gasteiger partial charge in [-0.05, 0) is 43.3 Å². The smallest absolute Gasteiger partial charge is 0.405 e. The molecular weight excluding hydrogens is 359 g/mol. The van der Waals surface area contributed by atoms with Gasteiger partial charge in [-0.1, -0.05) is 11.6 Å². The van der Waals surface area contributed by atoms with E-state index in [-0.39, 0.29) is 28.0 Å². The average molecular weight is 372 g/mol. The minimum Gasteiger partial charge on any atom is -0.405 e. The molecule has 1 aliphatic heterocycles. The van der Waals surface area contributed by atoms with Crippen LogP contribution >= 0.6 is 11.6 Å². The summed E-state index contributed by atoms with van der Waals surface area (Å²) in [4.78, 5) is 9.51. The van der Waals surface area contributed by atoms with Crippen LogP contribution in [-0.2, 0) is 4.84 Å². The highest BCUT2D eigenvalue weighted by molar-refractivity contribution is 6.31. The number of nitrogens with zero attached hydrogens (tertiary/aromatic N) is 2. The molecule has 0 amide bonds. The Morgan fingerprint density at radius 3 is 2.60 bits per heavy atom. The third-order valence-corrected chi connectivity index (χ3v) is 3.73. The fourth-order valence-electron chi connectivity index (χ4n) is 2.39. The van der Waals surface area contributed by atoms with Crippen LogP contribution < -0.4 is 15.5 Å². The molecule has 1 aromatic heterocycles. The first-order valence-corrected chi connectivity index (χ1v) is 7.57. The van der Waals surface area contributed by atoms with E-state index in [1.807, 2.05) is 13.0 Å². The maximum atomic E-state index is 12.6. The van der Waals surface area contributed by atoms with Gasteiger partial charge in [0.05, 0.1) is 6.04 Å². The molecule has 0 aliphatic carbocycles. The lowest BCUT2D eigenvalue weighted by molar-refractivity contribution is -0.274. The molecule has 2 heterocycles. The molecule has 25 heavy (non-hydrogen) atoms. The largest absolute Gasteiger partial charge is 0.573 e. The van der Waals surface area contributed by atoms with E-state index >= 15 is 0 Å². The zero-order valence-electron chi connectivity index (χ0n) is 12.9. The molecule has 0 saturated carbocycles. The predicted octanol–water partition coefficient (Wildman–Crippen LogP) is 4.54. The summed E-state index contributed by atoms with van der Waals surface area (Å²) in [7, 11) is 0. The number of nitrogen functional groups attached to an aromatic ring is 1. The van der Waals surface area contributed by atoms with Crippen molar-refractivity contribution in [3.05, 3.63) is 47.7 Å². The van der Waals surface area contributed by atoms with E-state index < -0.39 is 12.1 Å². The molecule has 0 fully saturated rings. The molecule has 5 nitrogen and oxygen atoms in total. The normalized spacial score (nSPS) is 16.8. The zero-order valence-corrected chi connectivity index (χ0v) is 13.7. The monoisotopic (exact) mass is 371 g/mol. The molecule has 1 aromatic carbocycles. The second kappa shape index (κ2) is 6.36. The lowest BCUT2D eigenvalue weighted by Crippen LogP contribution is -2.26. The van der Waals surface area contributed by atoms with Crippen LogP contribution in [0.3, 0.4) is 0 Å². The van der Waals surface area contributed by atoms with Crippen molar-refractivity contribution in [1.82, 2.24) is 4.98 Å². The van der Waals surface area contributed by atoms with Gasteiger partial charge < -0.3 is 15.3 Å². The number of halogens is 4. The van der Waals surface area contributed by atoms with Crippen molar-refractivity contribution in [2.75, 3.05) is 10.8 Å². The summed E-state index contributed by atoms with van der Waals surface area (Å²) in [5, 5.41) is 1.76. The van der Waals surface area contributed by atoms with Gasteiger partial charge in [-0.15, -0.1) is 13.2 Å². The van der Waals surface area contributed by atoms with Gasteiger partial charge in [0, 0.05) is 16.1 Å². The highest BCUT2D eigenvalue weighted by atomic mass is 35.5. The Labute approximate surface area is 146 Å². The fraction of sp³-hybridized carbons (Fsp3) is 0.188. The minimum absolute atomic E-state index is 0.0227. The minimum atomic E-state index is -4.84. The summed E-state index contributed by atoms with van der Waals surface area (Å²) in [5.41, 5.74) is 6.32. The van der Waals surface area contributed by atoms with Crippen molar-refractivity contribution in [2.24, 2.45) is 0 Å². The van der Waals surface area contributed by atoms with Crippen molar-refractivity contribution in [2.45, 2.75) is 19.3 Å². The highest BCUT2D eigenvalue weighted by Gasteiger charge is 2.32. The number of hydroxylamine groups is 1. The van der Waals surface area contributed by atoms with Gasteiger partial charge in [0.25, 0.3) is 0 Å². The molecule has 0 bridgehead atoms. The van der Waals surface area contributed by atoms with E-state index in [1.165, 1.54) is 23.5 Å². The number of anilines is 2. The predicted molar refractivity (Wildman–Crippen MR) is 87.9 cm³/mol. The third-order valence-electron chi connectivity index (χ3n) is 3.49. The van der Waals surface area contributed by atoms with Crippen LogP contribution in [0, 0.1) is 0 Å². The van der Waals surface area contributed by atoms with Crippen LogP contribution in [0.2, 0.25) is 5.02 Å². The molecule has 9 heteroatoms. The molecule has 0 spiro atoms. The van der Waals surface area contributed by atoms with E-state index in [2.05, 4.69) is 9.72 Å². The average Bonchev–Trinajstić information content (AvgIpc) is 2.94. The topological polar surface area (TPSA) is 60.6 Å². The van der Waals surface area contributed by atoms with Crippen LogP contribution in [0.1, 0.15) is 6.92 Å². The van der Waals surface area contributed by atoms with E-state index in [0.29, 0.717) is 5.82 Å². The standard InChI is InChI=1S/C16H13ClF3N3O2/c1-9-6-7-24-23(9)14-5-3-11(15(21)22-14)12-8-10(17)2-4-13(12)25-16(18,19)20/h2-9H,1H3,(H2,21,22). The lowest BCUT2D eigenvalue weighted by atomic mass is 10.1. The summed E-state index contributed by atoms with van der Waals surface area (Å²) < 4.78 is 41.9. The molecule has 0 saturated heterocycles. The zero-order chi connectivity index (χ0) is 18.2. The maximum Gasteiger partial charge on any atom is 0.573 e. The van der Waals surface area contributed by atoms with Gasteiger partial charge in [0.1, 0.15) is 17.8 Å². The summed E-state index contributed by atoms with van der Waals surface area (Å²) in [6.07, 6.45) is -1.50. The van der Waals surface area contributed by atoms with Crippen molar-refractivity contribution >= 4 is 23.2 Å². The molecule has 0 radical (unpaired) electrons. The van der Waals surface area contributed by atoms with Gasteiger partial charge in [0.15, 0.2) is 5.82 Å². The molecular formula is C16H13ClF3N3O2. The Balaban J connectivity index is 2.00. The quantitative estimate of drug-likeness (QED) is 0.858. The van der Waals surface area contributed by atoms with E-state index in [0.717, 1.165) is 6.07 Å². The molecule has 132 valence electrons. The van der Waals surface area contributed by atoms with Gasteiger partial charge in [-0.2, -0.15) is 5.06 Å². The van der Waals surface area contributed by atoms with E-state index in [1.54, 1.807) is 12.1 Å². The number of rotatable bonds is 3. The second-order valence-corrected chi connectivity index (χ2v) is 5.73. The summed E-state index contributed by atoms with van der Waals surface area (Å²) in [6, 6.07) is 6.86. The van der Waals surface area contributed by atoms with Crippen LogP contribution in [0.5, 0.6) is 5.75 Å². The number of hydrogen-bond donors (Lipinski definition) is 1. The highest BCUT2D eigenvalue weighted by Crippen LogP contribution is 2.38. The number of nitrogens with two attached hydrogens (primary N) is 1.